The number of rotatable bonds is 4. The number of carbonyl (C=O) groups is 2. The lowest BCUT2D eigenvalue weighted by atomic mass is 9.80. The summed E-state index contributed by atoms with van der Waals surface area (Å²) in [6, 6.07) is -0.0278. The Bertz CT molecular complexity index is 822. The first-order valence-electron chi connectivity index (χ1n) is 11.4. The van der Waals surface area contributed by atoms with Gasteiger partial charge in [-0.05, 0) is 50.9 Å². The summed E-state index contributed by atoms with van der Waals surface area (Å²) in [5.74, 6) is -0.993. The summed E-state index contributed by atoms with van der Waals surface area (Å²) < 4.78 is 42.4. The second-order valence-corrected chi connectivity index (χ2v) is 9.33. The fourth-order valence-electron chi connectivity index (χ4n) is 5.50. The molecule has 0 unspecified atom stereocenters. The number of alkyl halides is 3. The number of hydrogen-bond donors (Lipinski definition) is 1. The zero-order valence-electron chi connectivity index (χ0n) is 17.7. The minimum Gasteiger partial charge on any atom is -0.481 e. The Kier molecular flexibility index (Phi) is 6.30. The third-order valence-corrected chi connectivity index (χ3v) is 7.29. The number of aromatic nitrogens is 2. The molecule has 172 valence electrons. The van der Waals surface area contributed by atoms with Crippen LogP contribution in [0.4, 0.5) is 13.2 Å². The summed E-state index contributed by atoms with van der Waals surface area (Å²) in [4.78, 5) is 25.7. The molecule has 1 aromatic rings. The molecule has 1 aromatic heterocycles. The van der Waals surface area contributed by atoms with Crippen molar-refractivity contribution in [3.05, 3.63) is 17.0 Å². The second-order valence-electron chi connectivity index (χ2n) is 9.33. The van der Waals surface area contributed by atoms with Crippen LogP contribution in [0.25, 0.3) is 0 Å². The average Bonchev–Trinajstić information content (AvgIpc) is 3.14. The molecule has 2 heterocycles. The molecule has 1 aliphatic heterocycles. The zero-order chi connectivity index (χ0) is 22.2. The van der Waals surface area contributed by atoms with Crippen LogP contribution in [0.3, 0.4) is 0 Å². The van der Waals surface area contributed by atoms with Crippen molar-refractivity contribution in [1.29, 1.82) is 0 Å². The molecule has 0 spiro atoms. The van der Waals surface area contributed by atoms with Gasteiger partial charge in [-0.2, -0.15) is 18.3 Å². The van der Waals surface area contributed by atoms with Crippen molar-refractivity contribution in [2.45, 2.75) is 89.4 Å². The number of carboxylic acids is 1. The monoisotopic (exact) mass is 441 g/mol. The number of carboxylic acid groups (broad SMARTS) is 1. The van der Waals surface area contributed by atoms with Crippen molar-refractivity contribution in [1.82, 2.24) is 14.7 Å². The van der Waals surface area contributed by atoms with Gasteiger partial charge >= 0.3 is 12.1 Å². The van der Waals surface area contributed by atoms with Gasteiger partial charge in [0.1, 0.15) is 0 Å². The summed E-state index contributed by atoms with van der Waals surface area (Å²) in [7, 11) is 0. The van der Waals surface area contributed by atoms with Crippen molar-refractivity contribution in [2.75, 3.05) is 6.54 Å². The first kappa shape index (κ1) is 22.1. The van der Waals surface area contributed by atoms with E-state index in [0.717, 1.165) is 32.1 Å². The van der Waals surface area contributed by atoms with Gasteiger partial charge < -0.3 is 10.0 Å². The minimum absolute atomic E-state index is 0.0278. The molecule has 0 saturated heterocycles. The second kappa shape index (κ2) is 8.82. The highest BCUT2D eigenvalue weighted by Gasteiger charge is 2.42. The standard InChI is InChI=1S/C22H30F3N3O3/c23-22(24,25)20-17-10-11-27(13-18(17)28(26-20)16-4-2-1-3-5-16)19(29)12-14-6-8-15(9-7-14)21(30)31/h14-16H,1-13H2,(H,30,31). The molecule has 4 rings (SSSR count). The van der Waals surface area contributed by atoms with Gasteiger partial charge in [0.25, 0.3) is 0 Å². The summed E-state index contributed by atoms with van der Waals surface area (Å²) >= 11 is 0. The van der Waals surface area contributed by atoms with E-state index in [2.05, 4.69) is 5.10 Å². The van der Waals surface area contributed by atoms with Crippen LogP contribution in [0, 0.1) is 11.8 Å². The molecule has 1 N–H and O–H groups in total. The van der Waals surface area contributed by atoms with Crippen molar-refractivity contribution in [3.63, 3.8) is 0 Å². The van der Waals surface area contributed by atoms with E-state index < -0.39 is 17.8 Å². The molecule has 6 nitrogen and oxygen atoms in total. The highest BCUT2D eigenvalue weighted by Crippen LogP contribution is 2.39. The third kappa shape index (κ3) is 4.75. The number of carbonyl (C=O) groups excluding carboxylic acids is 1. The van der Waals surface area contributed by atoms with Gasteiger partial charge in [-0.1, -0.05) is 19.3 Å². The number of fused-ring (bicyclic) bond motifs is 1. The van der Waals surface area contributed by atoms with Crippen LogP contribution in [0.1, 0.15) is 87.2 Å². The van der Waals surface area contributed by atoms with Crippen LogP contribution in [0.2, 0.25) is 0 Å². The molecular formula is C22H30F3N3O3. The SMILES string of the molecule is O=C(O)C1CCC(CC(=O)N2CCc3c(C(F)(F)F)nn(C4CCCCC4)c3C2)CC1. The Balaban J connectivity index is 1.47. The maximum Gasteiger partial charge on any atom is 0.435 e. The average molecular weight is 441 g/mol. The van der Waals surface area contributed by atoms with Crippen molar-refractivity contribution in [3.8, 4) is 0 Å². The maximum absolute atomic E-state index is 13.6. The van der Waals surface area contributed by atoms with Gasteiger partial charge in [-0.3, -0.25) is 14.3 Å². The van der Waals surface area contributed by atoms with Crippen LogP contribution in [0.5, 0.6) is 0 Å². The van der Waals surface area contributed by atoms with Gasteiger partial charge in [0, 0.05) is 18.5 Å². The van der Waals surface area contributed by atoms with Crippen molar-refractivity contribution < 1.29 is 27.9 Å². The van der Waals surface area contributed by atoms with Crippen LogP contribution >= 0.6 is 0 Å². The van der Waals surface area contributed by atoms with Gasteiger partial charge in [0.05, 0.1) is 24.2 Å². The molecule has 0 bridgehead atoms. The fourth-order valence-corrected chi connectivity index (χ4v) is 5.50. The highest BCUT2D eigenvalue weighted by atomic mass is 19.4. The van der Waals surface area contributed by atoms with E-state index in [1.165, 1.54) is 0 Å². The fraction of sp³-hybridized carbons (Fsp3) is 0.773. The summed E-state index contributed by atoms with van der Waals surface area (Å²) in [5, 5.41) is 13.2. The predicted molar refractivity (Wildman–Crippen MR) is 106 cm³/mol. The molecule has 31 heavy (non-hydrogen) atoms. The molecule has 2 fully saturated rings. The summed E-state index contributed by atoms with van der Waals surface area (Å²) in [6.07, 6.45) is 3.34. The molecule has 0 atom stereocenters. The molecular weight excluding hydrogens is 411 g/mol. The molecule has 2 saturated carbocycles. The smallest absolute Gasteiger partial charge is 0.435 e. The van der Waals surface area contributed by atoms with Crippen LogP contribution < -0.4 is 0 Å². The largest absolute Gasteiger partial charge is 0.481 e. The number of nitrogens with zero attached hydrogens (tertiary/aromatic N) is 3. The van der Waals surface area contributed by atoms with Gasteiger partial charge in [-0.15, -0.1) is 0 Å². The molecule has 1 amide bonds. The van der Waals surface area contributed by atoms with E-state index in [1.807, 2.05) is 0 Å². The number of halogens is 3. The first-order valence-corrected chi connectivity index (χ1v) is 11.4. The Hall–Kier alpha value is -2.06. The molecule has 3 aliphatic rings. The topological polar surface area (TPSA) is 75.4 Å². The molecule has 0 radical (unpaired) electrons. The molecule has 0 aromatic carbocycles. The summed E-state index contributed by atoms with van der Waals surface area (Å²) in [5.41, 5.74) is 0.0182. The van der Waals surface area contributed by atoms with Crippen LogP contribution in [0.15, 0.2) is 0 Å². The predicted octanol–water partition coefficient (Wildman–Crippen LogP) is 4.57. The van der Waals surface area contributed by atoms with E-state index in [9.17, 15) is 22.8 Å². The molecule has 9 heteroatoms. The quantitative estimate of drug-likeness (QED) is 0.743. The Morgan fingerprint density at radius 1 is 1.03 bits per heavy atom. The number of amides is 1. The van der Waals surface area contributed by atoms with Crippen LogP contribution in [-0.2, 0) is 28.7 Å². The Morgan fingerprint density at radius 3 is 2.32 bits per heavy atom. The lowest BCUT2D eigenvalue weighted by molar-refractivity contribution is -0.143. The zero-order valence-corrected chi connectivity index (χ0v) is 17.7. The number of aliphatic carboxylic acids is 1. The lowest BCUT2D eigenvalue weighted by Gasteiger charge is -2.32. The lowest BCUT2D eigenvalue weighted by Crippen LogP contribution is -2.38. The van der Waals surface area contributed by atoms with Crippen molar-refractivity contribution >= 4 is 11.9 Å². The van der Waals surface area contributed by atoms with Gasteiger partial charge in [0.15, 0.2) is 5.69 Å². The maximum atomic E-state index is 13.6. The summed E-state index contributed by atoms with van der Waals surface area (Å²) in [6.45, 7) is 0.452. The van der Waals surface area contributed by atoms with E-state index in [-0.39, 0.29) is 48.9 Å². The first-order chi connectivity index (χ1) is 14.7. The Labute approximate surface area is 179 Å². The van der Waals surface area contributed by atoms with Crippen molar-refractivity contribution in [2.24, 2.45) is 11.8 Å². The van der Waals surface area contributed by atoms with Crippen LogP contribution in [-0.4, -0.2) is 38.2 Å². The van der Waals surface area contributed by atoms with Gasteiger partial charge in [0.2, 0.25) is 5.91 Å². The van der Waals surface area contributed by atoms with E-state index in [1.54, 1.807) is 9.58 Å². The van der Waals surface area contributed by atoms with Gasteiger partial charge in [-0.25, -0.2) is 0 Å². The normalized spacial score (nSPS) is 25.3. The number of hydrogen-bond acceptors (Lipinski definition) is 3. The van der Waals surface area contributed by atoms with E-state index in [0.29, 0.717) is 37.8 Å². The minimum atomic E-state index is -4.49. The third-order valence-electron chi connectivity index (χ3n) is 7.29. The highest BCUT2D eigenvalue weighted by molar-refractivity contribution is 5.77. The van der Waals surface area contributed by atoms with E-state index in [4.69, 9.17) is 5.11 Å². The van der Waals surface area contributed by atoms with E-state index >= 15 is 0 Å². The Morgan fingerprint density at radius 2 is 1.71 bits per heavy atom. The molecule has 2 aliphatic carbocycles.